The van der Waals surface area contributed by atoms with Gasteiger partial charge in [-0.15, -0.1) is 10.2 Å². The van der Waals surface area contributed by atoms with Crippen molar-refractivity contribution in [3.8, 4) is 11.6 Å². The number of halogens is 1. The zero-order valence-electron chi connectivity index (χ0n) is 10.8. The van der Waals surface area contributed by atoms with Crippen LogP contribution in [0.4, 0.5) is 0 Å². The van der Waals surface area contributed by atoms with Gasteiger partial charge in [0.25, 0.3) is 0 Å². The van der Waals surface area contributed by atoms with Gasteiger partial charge in [-0.2, -0.15) is 0 Å². The van der Waals surface area contributed by atoms with Crippen LogP contribution in [-0.2, 0) is 6.61 Å². The molecule has 1 aromatic heterocycles. The van der Waals surface area contributed by atoms with Crippen LogP contribution in [0.2, 0.25) is 0 Å². The molecule has 19 heavy (non-hydrogen) atoms. The average Bonchev–Trinajstić information content (AvgIpc) is 2.41. The molecular weight excluding hydrogens is 308 g/mol. The highest BCUT2D eigenvalue weighted by Crippen LogP contribution is 2.32. The molecule has 4 nitrogen and oxygen atoms in total. The number of aliphatic hydroxyl groups excluding tert-OH is 1. The molecule has 100 valence electrons. The molecule has 1 aromatic carbocycles. The van der Waals surface area contributed by atoms with E-state index in [1.807, 2.05) is 18.2 Å². The average molecular weight is 323 g/mol. The van der Waals surface area contributed by atoms with Crippen LogP contribution in [0.5, 0.6) is 11.6 Å². The molecule has 0 spiro atoms. The number of nitrogens with zero attached hydrogens (tertiary/aromatic N) is 2. The van der Waals surface area contributed by atoms with E-state index >= 15 is 0 Å². The molecule has 2 rings (SSSR count). The maximum absolute atomic E-state index is 8.92. The molecule has 0 bridgehead atoms. The fraction of sp³-hybridized carbons (Fsp3) is 0.286. The maximum Gasteiger partial charge on any atom is 0.238 e. The monoisotopic (exact) mass is 322 g/mol. The van der Waals surface area contributed by atoms with E-state index in [0.717, 1.165) is 15.8 Å². The first kappa shape index (κ1) is 14.0. The molecule has 0 unspecified atom stereocenters. The highest BCUT2D eigenvalue weighted by Gasteiger charge is 2.10. The standard InChI is InChI=1S/C14H15BrN2O2/c1-9(2)12-7-10(15)3-5-13(12)19-14-6-4-11(8-18)16-17-14/h3-7,9,18H,8H2,1-2H3. The van der Waals surface area contributed by atoms with E-state index in [9.17, 15) is 0 Å². The number of benzene rings is 1. The maximum atomic E-state index is 8.92. The van der Waals surface area contributed by atoms with Gasteiger partial charge in [0.05, 0.1) is 12.3 Å². The second-order valence-electron chi connectivity index (χ2n) is 4.46. The van der Waals surface area contributed by atoms with Crippen molar-refractivity contribution in [1.82, 2.24) is 10.2 Å². The Kier molecular flexibility index (Phi) is 4.50. The van der Waals surface area contributed by atoms with Crippen LogP contribution in [0.1, 0.15) is 31.0 Å². The molecule has 0 amide bonds. The Hall–Kier alpha value is -1.46. The number of ether oxygens (including phenoxy) is 1. The fourth-order valence-corrected chi connectivity index (χ4v) is 2.04. The van der Waals surface area contributed by atoms with Gasteiger partial charge in [0.1, 0.15) is 5.75 Å². The molecule has 0 aliphatic rings. The van der Waals surface area contributed by atoms with Gasteiger partial charge in [-0.05, 0) is 35.7 Å². The Bertz CT molecular complexity index is 556. The summed E-state index contributed by atoms with van der Waals surface area (Å²) in [6.07, 6.45) is 0. The van der Waals surface area contributed by atoms with Crippen molar-refractivity contribution >= 4 is 15.9 Å². The van der Waals surface area contributed by atoms with Crippen molar-refractivity contribution in [3.63, 3.8) is 0 Å². The van der Waals surface area contributed by atoms with Gasteiger partial charge in [-0.3, -0.25) is 0 Å². The van der Waals surface area contributed by atoms with E-state index in [-0.39, 0.29) is 6.61 Å². The molecule has 0 aliphatic heterocycles. The summed E-state index contributed by atoms with van der Waals surface area (Å²) in [7, 11) is 0. The van der Waals surface area contributed by atoms with Crippen LogP contribution < -0.4 is 4.74 Å². The first-order valence-corrected chi connectivity index (χ1v) is 6.80. The van der Waals surface area contributed by atoms with Crippen LogP contribution in [0.25, 0.3) is 0 Å². The molecule has 5 heteroatoms. The Morgan fingerprint density at radius 1 is 1.21 bits per heavy atom. The molecule has 0 radical (unpaired) electrons. The van der Waals surface area contributed by atoms with Crippen LogP contribution in [0.3, 0.4) is 0 Å². The van der Waals surface area contributed by atoms with Crippen LogP contribution in [-0.4, -0.2) is 15.3 Å². The van der Waals surface area contributed by atoms with Crippen molar-refractivity contribution in [2.45, 2.75) is 26.4 Å². The number of hydrogen-bond donors (Lipinski definition) is 1. The van der Waals surface area contributed by atoms with Crippen LogP contribution in [0, 0.1) is 0 Å². The molecule has 0 fully saturated rings. The summed E-state index contributed by atoms with van der Waals surface area (Å²) in [6.45, 7) is 4.09. The van der Waals surface area contributed by atoms with E-state index in [2.05, 4.69) is 40.0 Å². The van der Waals surface area contributed by atoms with E-state index in [1.54, 1.807) is 12.1 Å². The van der Waals surface area contributed by atoms with Crippen molar-refractivity contribution < 1.29 is 9.84 Å². The highest BCUT2D eigenvalue weighted by molar-refractivity contribution is 9.10. The minimum atomic E-state index is -0.122. The van der Waals surface area contributed by atoms with E-state index in [0.29, 0.717) is 17.5 Å². The van der Waals surface area contributed by atoms with Gasteiger partial charge in [0.2, 0.25) is 5.88 Å². The lowest BCUT2D eigenvalue weighted by molar-refractivity contribution is 0.274. The van der Waals surface area contributed by atoms with E-state index in [4.69, 9.17) is 9.84 Å². The highest BCUT2D eigenvalue weighted by atomic mass is 79.9. The molecule has 0 aliphatic carbocycles. The summed E-state index contributed by atoms with van der Waals surface area (Å²) in [6, 6.07) is 9.26. The molecule has 2 aromatic rings. The Balaban J connectivity index is 2.26. The van der Waals surface area contributed by atoms with Gasteiger partial charge >= 0.3 is 0 Å². The first-order valence-electron chi connectivity index (χ1n) is 6.01. The minimum absolute atomic E-state index is 0.122. The minimum Gasteiger partial charge on any atom is -0.437 e. The van der Waals surface area contributed by atoms with Gasteiger partial charge in [-0.1, -0.05) is 29.8 Å². The van der Waals surface area contributed by atoms with Crippen molar-refractivity contribution in [1.29, 1.82) is 0 Å². The van der Waals surface area contributed by atoms with Gasteiger partial charge < -0.3 is 9.84 Å². The Morgan fingerprint density at radius 3 is 2.58 bits per heavy atom. The summed E-state index contributed by atoms with van der Waals surface area (Å²) in [4.78, 5) is 0. The second-order valence-corrected chi connectivity index (χ2v) is 5.38. The van der Waals surface area contributed by atoms with E-state index in [1.165, 1.54) is 0 Å². The zero-order valence-corrected chi connectivity index (χ0v) is 12.4. The topological polar surface area (TPSA) is 55.2 Å². The number of aromatic nitrogens is 2. The van der Waals surface area contributed by atoms with Gasteiger partial charge in [0, 0.05) is 10.5 Å². The fourth-order valence-electron chi connectivity index (χ4n) is 1.66. The third-order valence-corrected chi connectivity index (χ3v) is 3.16. The second kappa shape index (κ2) is 6.12. The SMILES string of the molecule is CC(C)c1cc(Br)ccc1Oc1ccc(CO)nn1. The quantitative estimate of drug-likeness (QED) is 0.933. The molecule has 0 atom stereocenters. The predicted molar refractivity (Wildman–Crippen MR) is 76.3 cm³/mol. The van der Waals surface area contributed by atoms with Crippen LogP contribution in [0.15, 0.2) is 34.8 Å². The molecule has 0 saturated carbocycles. The smallest absolute Gasteiger partial charge is 0.238 e. The van der Waals surface area contributed by atoms with Crippen LogP contribution >= 0.6 is 15.9 Å². The predicted octanol–water partition coefficient (Wildman–Crippen LogP) is 3.65. The number of aliphatic hydroxyl groups is 1. The Labute approximate surface area is 120 Å². The zero-order chi connectivity index (χ0) is 13.8. The normalized spacial score (nSPS) is 10.8. The van der Waals surface area contributed by atoms with Gasteiger partial charge in [0.15, 0.2) is 0 Å². The van der Waals surface area contributed by atoms with E-state index < -0.39 is 0 Å². The van der Waals surface area contributed by atoms with Crippen molar-refractivity contribution in [2.75, 3.05) is 0 Å². The first-order chi connectivity index (χ1) is 9.10. The lowest BCUT2D eigenvalue weighted by Crippen LogP contribution is -1.98. The molecule has 0 saturated heterocycles. The molecule has 1 heterocycles. The van der Waals surface area contributed by atoms with Crippen molar-refractivity contribution in [2.24, 2.45) is 0 Å². The molecular formula is C14H15BrN2O2. The van der Waals surface area contributed by atoms with Gasteiger partial charge in [-0.25, -0.2) is 0 Å². The third kappa shape index (κ3) is 3.52. The lowest BCUT2D eigenvalue weighted by Gasteiger charge is -2.13. The summed E-state index contributed by atoms with van der Waals surface area (Å²) in [5.41, 5.74) is 1.62. The summed E-state index contributed by atoms with van der Waals surface area (Å²) in [5, 5.41) is 16.7. The third-order valence-electron chi connectivity index (χ3n) is 2.67. The Morgan fingerprint density at radius 2 is 2.00 bits per heavy atom. The molecule has 1 N–H and O–H groups in total. The number of rotatable bonds is 4. The lowest BCUT2D eigenvalue weighted by atomic mass is 10.0. The largest absolute Gasteiger partial charge is 0.437 e. The summed E-state index contributed by atoms with van der Waals surface area (Å²) in [5.74, 6) is 1.53. The van der Waals surface area contributed by atoms with Crippen molar-refractivity contribution in [3.05, 3.63) is 46.1 Å². The summed E-state index contributed by atoms with van der Waals surface area (Å²) >= 11 is 3.46. The summed E-state index contributed by atoms with van der Waals surface area (Å²) < 4.78 is 6.77. The number of hydrogen-bond acceptors (Lipinski definition) is 4.